The molecule has 0 amide bonds. The number of halogens is 1. The number of rotatable bonds is 2. The Balaban J connectivity index is 1.73. The Bertz CT molecular complexity index is 404. The lowest BCUT2D eigenvalue weighted by molar-refractivity contribution is 0.0218. The predicted molar refractivity (Wildman–Crippen MR) is 75.1 cm³/mol. The highest BCUT2D eigenvalue weighted by Crippen LogP contribution is 2.38. The zero-order valence-corrected chi connectivity index (χ0v) is 11.5. The van der Waals surface area contributed by atoms with E-state index in [0.717, 1.165) is 19.4 Å². The zero-order chi connectivity index (χ0) is 12.4. The van der Waals surface area contributed by atoms with Crippen LogP contribution in [-0.2, 0) is 11.2 Å². The minimum absolute atomic E-state index is 0.277. The molecule has 2 aliphatic rings. The molecule has 18 heavy (non-hydrogen) atoms. The molecule has 0 N–H and O–H groups in total. The van der Waals surface area contributed by atoms with Crippen molar-refractivity contribution in [2.75, 3.05) is 6.61 Å². The van der Waals surface area contributed by atoms with Gasteiger partial charge in [-0.3, -0.25) is 0 Å². The fourth-order valence-electron chi connectivity index (χ4n) is 3.37. The van der Waals surface area contributed by atoms with Crippen LogP contribution in [0.4, 0.5) is 0 Å². The van der Waals surface area contributed by atoms with Crippen molar-refractivity contribution in [2.45, 2.75) is 50.0 Å². The van der Waals surface area contributed by atoms with Crippen molar-refractivity contribution in [3.05, 3.63) is 35.4 Å². The summed E-state index contributed by atoms with van der Waals surface area (Å²) in [5, 5.41) is 0.358. The third-order valence-electron chi connectivity index (χ3n) is 4.43. The SMILES string of the molecule is ClC1CCCCC1CC1OCCc2ccccc21. The van der Waals surface area contributed by atoms with Crippen LogP contribution in [0.2, 0.25) is 0 Å². The molecule has 0 aromatic heterocycles. The molecule has 3 atom stereocenters. The van der Waals surface area contributed by atoms with Gasteiger partial charge in [-0.25, -0.2) is 0 Å². The summed E-state index contributed by atoms with van der Waals surface area (Å²) in [5.74, 6) is 0.636. The molecule has 1 saturated carbocycles. The largest absolute Gasteiger partial charge is 0.373 e. The van der Waals surface area contributed by atoms with E-state index in [1.165, 1.54) is 36.8 Å². The monoisotopic (exact) mass is 264 g/mol. The molecule has 98 valence electrons. The van der Waals surface area contributed by atoms with Crippen LogP contribution in [0.25, 0.3) is 0 Å². The van der Waals surface area contributed by atoms with Crippen molar-refractivity contribution in [2.24, 2.45) is 5.92 Å². The maximum absolute atomic E-state index is 6.47. The lowest BCUT2D eigenvalue weighted by atomic mass is 9.82. The average Bonchev–Trinajstić information content (AvgIpc) is 2.42. The smallest absolute Gasteiger partial charge is 0.0830 e. The normalized spacial score (nSPS) is 31.9. The lowest BCUT2D eigenvalue weighted by Gasteiger charge is -2.33. The molecule has 3 rings (SSSR count). The summed E-state index contributed by atoms with van der Waals surface area (Å²) in [6, 6.07) is 8.72. The van der Waals surface area contributed by atoms with E-state index in [2.05, 4.69) is 24.3 Å². The van der Waals surface area contributed by atoms with Crippen LogP contribution in [-0.4, -0.2) is 12.0 Å². The summed E-state index contributed by atoms with van der Waals surface area (Å²) in [6.45, 7) is 0.862. The van der Waals surface area contributed by atoms with E-state index >= 15 is 0 Å². The second kappa shape index (κ2) is 5.63. The molecule has 1 fully saturated rings. The van der Waals surface area contributed by atoms with Gasteiger partial charge in [0.1, 0.15) is 0 Å². The Morgan fingerprint density at radius 2 is 2.00 bits per heavy atom. The van der Waals surface area contributed by atoms with Crippen molar-refractivity contribution in [1.82, 2.24) is 0 Å². The van der Waals surface area contributed by atoms with E-state index in [1.54, 1.807) is 0 Å². The molecule has 1 heterocycles. The lowest BCUT2D eigenvalue weighted by Crippen LogP contribution is -2.25. The van der Waals surface area contributed by atoms with Crippen LogP contribution < -0.4 is 0 Å². The van der Waals surface area contributed by atoms with Crippen LogP contribution in [0, 0.1) is 5.92 Å². The molecule has 3 unspecified atom stereocenters. The van der Waals surface area contributed by atoms with E-state index in [0.29, 0.717) is 11.3 Å². The van der Waals surface area contributed by atoms with E-state index < -0.39 is 0 Å². The van der Waals surface area contributed by atoms with E-state index in [9.17, 15) is 0 Å². The molecule has 1 aliphatic heterocycles. The number of fused-ring (bicyclic) bond motifs is 1. The highest BCUT2D eigenvalue weighted by molar-refractivity contribution is 6.20. The van der Waals surface area contributed by atoms with Gasteiger partial charge in [-0.15, -0.1) is 11.6 Å². The van der Waals surface area contributed by atoms with Gasteiger partial charge >= 0.3 is 0 Å². The third-order valence-corrected chi connectivity index (χ3v) is 5.00. The van der Waals surface area contributed by atoms with Crippen molar-refractivity contribution in [3.63, 3.8) is 0 Å². The first-order chi connectivity index (χ1) is 8.84. The van der Waals surface area contributed by atoms with Crippen LogP contribution >= 0.6 is 11.6 Å². The molecule has 0 saturated heterocycles. The van der Waals surface area contributed by atoms with Crippen molar-refractivity contribution >= 4 is 11.6 Å². The van der Waals surface area contributed by atoms with Gasteiger partial charge in [0, 0.05) is 5.38 Å². The third kappa shape index (κ3) is 2.57. The summed E-state index contributed by atoms with van der Waals surface area (Å²) >= 11 is 6.47. The van der Waals surface area contributed by atoms with Crippen molar-refractivity contribution < 1.29 is 4.74 Å². The van der Waals surface area contributed by atoms with Crippen LogP contribution in [0.1, 0.15) is 49.3 Å². The van der Waals surface area contributed by atoms with E-state index in [4.69, 9.17) is 16.3 Å². The molecule has 0 spiro atoms. The standard InChI is InChI=1S/C16H21ClO/c17-15-8-4-2-6-13(15)11-16-14-7-3-1-5-12(14)9-10-18-16/h1,3,5,7,13,15-16H,2,4,6,8-11H2. The quantitative estimate of drug-likeness (QED) is 0.716. The van der Waals surface area contributed by atoms with Crippen molar-refractivity contribution in [1.29, 1.82) is 0 Å². The summed E-state index contributed by atoms with van der Waals surface area (Å²) in [5.41, 5.74) is 2.87. The second-order valence-electron chi connectivity index (χ2n) is 5.60. The first kappa shape index (κ1) is 12.5. The van der Waals surface area contributed by atoms with Gasteiger partial charge < -0.3 is 4.74 Å². The summed E-state index contributed by atoms with van der Waals surface area (Å²) in [7, 11) is 0. The Labute approximate surface area is 114 Å². The minimum atomic E-state index is 0.277. The predicted octanol–water partition coefficient (Wildman–Crippen LogP) is 4.49. The molecule has 1 nitrogen and oxygen atoms in total. The first-order valence-electron chi connectivity index (χ1n) is 7.18. The molecule has 0 radical (unpaired) electrons. The molecule has 1 aromatic carbocycles. The number of hydrogen-bond acceptors (Lipinski definition) is 1. The highest BCUT2D eigenvalue weighted by atomic mass is 35.5. The van der Waals surface area contributed by atoms with Crippen LogP contribution in [0.15, 0.2) is 24.3 Å². The number of alkyl halides is 1. The number of benzene rings is 1. The molecule has 2 heteroatoms. The van der Waals surface area contributed by atoms with Gasteiger partial charge in [0.05, 0.1) is 12.7 Å². The fraction of sp³-hybridized carbons (Fsp3) is 0.625. The van der Waals surface area contributed by atoms with E-state index in [-0.39, 0.29) is 6.10 Å². The summed E-state index contributed by atoms with van der Waals surface area (Å²) in [4.78, 5) is 0. The Morgan fingerprint density at radius 3 is 2.89 bits per heavy atom. The fourth-order valence-corrected chi connectivity index (χ4v) is 3.76. The van der Waals surface area contributed by atoms with Crippen molar-refractivity contribution in [3.8, 4) is 0 Å². The summed E-state index contributed by atoms with van der Waals surface area (Å²) in [6.07, 6.45) is 7.53. The zero-order valence-electron chi connectivity index (χ0n) is 10.8. The molecule has 1 aromatic rings. The van der Waals surface area contributed by atoms with Gasteiger partial charge in [-0.1, -0.05) is 37.1 Å². The van der Waals surface area contributed by atoms with Crippen LogP contribution in [0.5, 0.6) is 0 Å². The number of ether oxygens (including phenoxy) is 1. The maximum Gasteiger partial charge on any atom is 0.0830 e. The molecule has 0 bridgehead atoms. The Hall–Kier alpha value is -0.530. The topological polar surface area (TPSA) is 9.23 Å². The van der Waals surface area contributed by atoms with Gasteiger partial charge in [0.25, 0.3) is 0 Å². The molecular formula is C16H21ClO. The molecule has 1 aliphatic carbocycles. The first-order valence-corrected chi connectivity index (χ1v) is 7.61. The average molecular weight is 265 g/mol. The van der Waals surface area contributed by atoms with Gasteiger partial charge in [0.2, 0.25) is 0 Å². The number of hydrogen-bond donors (Lipinski definition) is 0. The summed E-state index contributed by atoms with van der Waals surface area (Å²) < 4.78 is 6.00. The van der Waals surface area contributed by atoms with E-state index in [1.807, 2.05) is 0 Å². The van der Waals surface area contributed by atoms with Gasteiger partial charge in [0.15, 0.2) is 0 Å². The Morgan fingerprint density at radius 1 is 1.17 bits per heavy atom. The van der Waals surface area contributed by atoms with Gasteiger partial charge in [-0.2, -0.15) is 0 Å². The second-order valence-corrected chi connectivity index (χ2v) is 6.17. The Kier molecular flexibility index (Phi) is 3.91. The van der Waals surface area contributed by atoms with Gasteiger partial charge in [-0.05, 0) is 42.7 Å². The maximum atomic E-state index is 6.47. The minimum Gasteiger partial charge on any atom is -0.373 e. The highest BCUT2D eigenvalue weighted by Gasteiger charge is 2.29. The van der Waals surface area contributed by atoms with Crippen LogP contribution in [0.3, 0.4) is 0 Å². The molecular weight excluding hydrogens is 244 g/mol.